The molecule has 2 heterocycles. The molecule has 0 aliphatic heterocycles. The van der Waals surface area contributed by atoms with Gasteiger partial charge in [-0.3, -0.25) is 19.0 Å². The zero-order chi connectivity index (χ0) is 24.7. The maximum atomic E-state index is 13.1. The second-order valence-corrected chi connectivity index (χ2v) is 8.95. The highest BCUT2D eigenvalue weighted by molar-refractivity contribution is 6.31. The molecule has 0 aliphatic rings. The first-order chi connectivity index (χ1) is 16.1. The fraction of sp³-hybridized carbons (Fsp3) is 0.154. The minimum absolute atomic E-state index is 0.0931. The zero-order valence-electron chi connectivity index (χ0n) is 19.0. The largest absolute Gasteiger partial charge is 0.325 e. The Morgan fingerprint density at radius 2 is 1.59 bits per heavy atom. The summed E-state index contributed by atoms with van der Waals surface area (Å²) in [6, 6.07) is 14.6. The number of nitrogens with zero attached hydrogens (tertiary/aromatic N) is 2. The summed E-state index contributed by atoms with van der Waals surface area (Å²) < 4.78 is 1.33. The van der Waals surface area contributed by atoms with Crippen molar-refractivity contribution in [3.05, 3.63) is 80.1 Å². The number of anilines is 1. The zero-order valence-corrected chi connectivity index (χ0v) is 20.5. The number of pyridine rings is 2. The molecule has 0 radical (unpaired) electrons. The van der Waals surface area contributed by atoms with Crippen molar-refractivity contribution in [2.75, 3.05) is 5.32 Å². The fourth-order valence-corrected chi connectivity index (χ4v) is 4.38. The lowest BCUT2D eigenvalue weighted by Crippen LogP contribution is -2.27. The third kappa shape index (κ3) is 4.22. The summed E-state index contributed by atoms with van der Waals surface area (Å²) in [5.41, 5.74) is 3.80. The Morgan fingerprint density at radius 3 is 2.18 bits per heavy atom. The van der Waals surface area contributed by atoms with Crippen LogP contribution in [0.15, 0.2) is 53.3 Å². The lowest BCUT2D eigenvalue weighted by molar-refractivity contribution is -0.114. The number of nitrogens with one attached hydrogen (secondary N) is 1. The van der Waals surface area contributed by atoms with E-state index in [-0.39, 0.29) is 11.3 Å². The molecule has 0 bridgehead atoms. The van der Waals surface area contributed by atoms with E-state index in [1.165, 1.54) is 18.4 Å². The van der Waals surface area contributed by atoms with Gasteiger partial charge in [0.05, 0.1) is 11.4 Å². The third-order valence-electron chi connectivity index (χ3n) is 5.61. The summed E-state index contributed by atoms with van der Waals surface area (Å²) in [7, 11) is 1.56. The van der Waals surface area contributed by atoms with Crippen LogP contribution in [-0.2, 0) is 11.8 Å². The number of carbonyl (C=O) groups excluding carboxylic acids is 2. The van der Waals surface area contributed by atoms with Crippen molar-refractivity contribution in [2.24, 2.45) is 7.05 Å². The maximum Gasteiger partial charge on any atom is 0.264 e. The molecule has 0 saturated heterocycles. The predicted octanol–water partition coefficient (Wildman–Crippen LogP) is 6.04. The van der Waals surface area contributed by atoms with Crippen LogP contribution in [0.2, 0.25) is 10.0 Å². The maximum absolute atomic E-state index is 13.1. The predicted molar refractivity (Wildman–Crippen MR) is 137 cm³/mol. The standard InChI is InChI=1S/C26H21Cl2N3O3/c1-13-11-18(28)9-10-19(13)23-20(16-5-7-17(27)8-6-16)12-21-24(29-15(3)33)22(14(2)32)26(34)31(4)25(21)30-23/h5-12H,1-4H3,(H,29,33). The smallest absolute Gasteiger partial charge is 0.264 e. The molecule has 0 aliphatic carbocycles. The van der Waals surface area contributed by atoms with Crippen molar-refractivity contribution in [3.63, 3.8) is 0 Å². The van der Waals surface area contributed by atoms with Gasteiger partial charge in [-0.1, -0.05) is 41.4 Å². The van der Waals surface area contributed by atoms with E-state index >= 15 is 0 Å². The Morgan fingerprint density at radius 1 is 0.941 bits per heavy atom. The van der Waals surface area contributed by atoms with E-state index in [1.807, 2.05) is 37.3 Å². The van der Waals surface area contributed by atoms with E-state index < -0.39 is 17.2 Å². The molecule has 34 heavy (non-hydrogen) atoms. The molecule has 172 valence electrons. The van der Waals surface area contributed by atoms with Crippen molar-refractivity contribution < 1.29 is 9.59 Å². The summed E-state index contributed by atoms with van der Waals surface area (Å²) in [6.45, 7) is 4.55. The van der Waals surface area contributed by atoms with Gasteiger partial charge in [-0.2, -0.15) is 0 Å². The Labute approximate surface area is 206 Å². The minimum atomic E-state index is -0.533. The van der Waals surface area contributed by atoms with Gasteiger partial charge in [0.2, 0.25) is 5.91 Å². The summed E-state index contributed by atoms with van der Waals surface area (Å²) >= 11 is 12.3. The first kappa shape index (κ1) is 23.7. The van der Waals surface area contributed by atoms with E-state index in [0.717, 1.165) is 22.3 Å². The molecule has 6 nitrogen and oxygen atoms in total. The second kappa shape index (κ2) is 9.05. The lowest BCUT2D eigenvalue weighted by Gasteiger charge is -2.18. The van der Waals surface area contributed by atoms with Crippen LogP contribution in [0.25, 0.3) is 33.4 Å². The number of hydrogen-bond donors (Lipinski definition) is 1. The average Bonchev–Trinajstić information content (AvgIpc) is 2.77. The van der Waals surface area contributed by atoms with Gasteiger partial charge >= 0.3 is 0 Å². The molecule has 2 aromatic heterocycles. The second-order valence-electron chi connectivity index (χ2n) is 8.07. The average molecular weight is 494 g/mol. The van der Waals surface area contributed by atoms with Crippen molar-refractivity contribution >= 4 is 51.6 Å². The quantitative estimate of drug-likeness (QED) is 0.351. The minimum Gasteiger partial charge on any atom is -0.325 e. The molecule has 2 aromatic carbocycles. The van der Waals surface area contributed by atoms with Crippen molar-refractivity contribution in [1.29, 1.82) is 0 Å². The first-order valence-electron chi connectivity index (χ1n) is 10.5. The van der Waals surface area contributed by atoms with Crippen LogP contribution in [-0.4, -0.2) is 21.2 Å². The summed E-state index contributed by atoms with van der Waals surface area (Å²) in [5.74, 6) is -0.848. The molecule has 0 atom stereocenters. The number of rotatable bonds is 4. The molecule has 0 unspecified atom stereocenters. The number of aryl methyl sites for hydroxylation is 2. The monoisotopic (exact) mass is 493 g/mol. The lowest BCUT2D eigenvalue weighted by atomic mass is 9.94. The Bertz CT molecular complexity index is 1540. The van der Waals surface area contributed by atoms with E-state index in [0.29, 0.717) is 26.8 Å². The number of benzene rings is 2. The van der Waals surface area contributed by atoms with Gasteiger partial charge in [-0.15, -0.1) is 0 Å². The summed E-state index contributed by atoms with van der Waals surface area (Å²) in [6.07, 6.45) is 0. The van der Waals surface area contributed by atoms with Crippen LogP contribution in [0.5, 0.6) is 0 Å². The number of ketones is 1. The van der Waals surface area contributed by atoms with Crippen LogP contribution < -0.4 is 10.9 Å². The molecular formula is C26H21Cl2N3O3. The number of carbonyl (C=O) groups is 2. The molecule has 0 fully saturated rings. The van der Waals surface area contributed by atoms with Crippen molar-refractivity contribution in [2.45, 2.75) is 20.8 Å². The van der Waals surface area contributed by atoms with E-state index in [4.69, 9.17) is 28.2 Å². The van der Waals surface area contributed by atoms with Gasteiger partial charge in [0.15, 0.2) is 5.78 Å². The van der Waals surface area contributed by atoms with Crippen LogP contribution in [0.4, 0.5) is 5.69 Å². The Kier molecular flexibility index (Phi) is 6.30. The SMILES string of the molecule is CC(=O)Nc1c(C(C)=O)c(=O)n(C)c2nc(-c3ccc(Cl)cc3C)c(-c3ccc(Cl)cc3)cc12. The van der Waals surface area contributed by atoms with Gasteiger partial charge < -0.3 is 5.32 Å². The molecule has 4 aromatic rings. The van der Waals surface area contributed by atoms with Gasteiger partial charge in [0.25, 0.3) is 5.56 Å². The Balaban J connectivity index is 2.20. The van der Waals surface area contributed by atoms with Crippen molar-refractivity contribution in [1.82, 2.24) is 9.55 Å². The molecule has 8 heteroatoms. The molecular weight excluding hydrogens is 473 g/mol. The van der Waals surface area contributed by atoms with Crippen LogP contribution in [0.3, 0.4) is 0 Å². The molecule has 0 saturated carbocycles. The first-order valence-corrected chi connectivity index (χ1v) is 11.2. The number of hydrogen-bond acceptors (Lipinski definition) is 4. The fourth-order valence-electron chi connectivity index (χ4n) is 4.03. The highest BCUT2D eigenvalue weighted by Gasteiger charge is 2.23. The molecule has 1 amide bonds. The van der Waals surface area contributed by atoms with Gasteiger partial charge in [-0.05, 0) is 55.3 Å². The molecule has 0 spiro atoms. The molecule has 1 N–H and O–H groups in total. The summed E-state index contributed by atoms with van der Waals surface area (Å²) in [4.78, 5) is 42.4. The normalized spacial score (nSPS) is 11.0. The third-order valence-corrected chi connectivity index (χ3v) is 6.10. The Hall–Kier alpha value is -3.48. The topological polar surface area (TPSA) is 81.1 Å². The highest BCUT2D eigenvalue weighted by Crippen LogP contribution is 2.38. The van der Waals surface area contributed by atoms with E-state index in [2.05, 4.69) is 5.32 Å². The number of amides is 1. The summed E-state index contributed by atoms with van der Waals surface area (Å²) in [5, 5.41) is 4.34. The van der Waals surface area contributed by atoms with E-state index in [1.54, 1.807) is 25.2 Å². The van der Waals surface area contributed by atoms with E-state index in [9.17, 15) is 14.4 Å². The number of aromatic nitrogens is 2. The highest BCUT2D eigenvalue weighted by atomic mass is 35.5. The van der Waals surface area contributed by atoms with Gasteiger partial charge in [0.1, 0.15) is 11.2 Å². The van der Waals surface area contributed by atoms with Crippen LogP contribution in [0, 0.1) is 6.92 Å². The van der Waals surface area contributed by atoms with Crippen LogP contribution in [0.1, 0.15) is 29.8 Å². The van der Waals surface area contributed by atoms with Gasteiger partial charge in [-0.25, -0.2) is 4.98 Å². The van der Waals surface area contributed by atoms with Gasteiger partial charge in [0, 0.05) is 40.5 Å². The number of halogens is 2. The number of fused-ring (bicyclic) bond motifs is 1. The molecule has 4 rings (SSSR count). The number of Topliss-reactive ketones (excluding diaryl/α,β-unsaturated/α-hetero) is 1. The van der Waals surface area contributed by atoms with Crippen molar-refractivity contribution in [3.8, 4) is 22.4 Å². The van der Waals surface area contributed by atoms with Crippen LogP contribution >= 0.6 is 23.2 Å².